The molecule has 0 bridgehead atoms. The summed E-state index contributed by atoms with van der Waals surface area (Å²) >= 11 is 3.22. The molecular weight excluding hydrogens is 311 g/mol. The molecule has 1 aromatic carbocycles. The van der Waals surface area contributed by atoms with E-state index >= 15 is 0 Å². The van der Waals surface area contributed by atoms with E-state index in [2.05, 4.69) is 20.9 Å². The van der Waals surface area contributed by atoms with Crippen molar-refractivity contribution in [1.82, 2.24) is 4.98 Å². The van der Waals surface area contributed by atoms with Crippen molar-refractivity contribution in [3.05, 3.63) is 58.1 Å². The van der Waals surface area contributed by atoms with Crippen LogP contribution in [0.25, 0.3) is 0 Å². The van der Waals surface area contributed by atoms with Gasteiger partial charge in [0, 0.05) is 6.20 Å². The van der Waals surface area contributed by atoms with Gasteiger partial charge in [0.15, 0.2) is 0 Å². The van der Waals surface area contributed by atoms with E-state index in [0.717, 1.165) is 5.56 Å². The molecule has 0 spiro atoms. The molecule has 0 radical (unpaired) electrons. The van der Waals surface area contributed by atoms with E-state index in [1.54, 1.807) is 24.5 Å². The number of pyridine rings is 1. The summed E-state index contributed by atoms with van der Waals surface area (Å²) in [5.74, 6) is 0.324. The number of halogens is 2. The van der Waals surface area contributed by atoms with Crippen LogP contribution < -0.4 is 10.5 Å². The molecule has 1 aromatic heterocycles. The first-order chi connectivity index (χ1) is 9.13. The highest BCUT2D eigenvalue weighted by Crippen LogP contribution is 2.29. The lowest BCUT2D eigenvalue weighted by Crippen LogP contribution is -2.13. The van der Waals surface area contributed by atoms with Crippen molar-refractivity contribution < 1.29 is 9.13 Å². The summed E-state index contributed by atoms with van der Waals surface area (Å²) in [6.07, 6.45) is 3.28. The molecule has 100 valence electrons. The van der Waals surface area contributed by atoms with Crippen LogP contribution >= 0.6 is 15.9 Å². The van der Waals surface area contributed by atoms with Gasteiger partial charge >= 0.3 is 0 Å². The third kappa shape index (κ3) is 3.11. The minimum Gasteiger partial charge on any atom is -0.492 e. The fraction of sp³-hybridized carbons (Fsp3) is 0.214. The Hall–Kier alpha value is -1.46. The summed E-state index contributed by atoms with van der Waals surface area (Å²) in [6, 6.07) is 6.16. The largest absolute Gasteiger partial charge is 0.492 e. The first-order valence-electron chi connectivity index (χ1n) is 5.90. The van der Waals surface area contributed by atoms with Gasteiger partial charge in [-0.05, 0) is 46.1 Å². The van der Waals surface area contributed by atoms with Crippen LogP contribution in [0.3, 0.4) is 0 Å². The number of nitrogens with zero attached hydrogens (tertiary/aromatic N) is 1. The van der Waals surface area contributed by atoms with Crippen molar-refractivity contribution in [2.45, 2.75) is 13.0 Å². The van der Waals surface area contributed by atoms with Gasteiger partial charge in [-0.15, -0.1) is 0 Å². The first-order valence-corrected chi connectivity index (χ1v) is 6.70. The number of hydrogen-bond donors (Lipinski definition) is 1. The zero-order valence-electron chi connectivity index (χ0n) is 10.4. The molecule has 0 fully saturated rings. The van der Waals surface area contributed by atoms with Crippen LogP contribution in [0.5, 0.6) is 5.75 Å². The first kappa shape index (κ1) is 14.0. The maximum absolute atomic E-state index is 13.5. The highest BCUT2D eigenvalue weighted by molar-refractivity contribution is 9.10. The maximum Gasteiger partial charge on any atom is 0.137 e. The Kier molecular flexibility index (Phi) is 4.50. The topological polar surface area (TPSA) is 48.1 Å². The SMILES string of the molecule is CCOc1cncc(C(N)c2cccc(F)c2Br)c1. The molecule has 0 aliphatic heterocycles. The molecule has 0 saturated heterocycles. The van der Waals surface area contributed by atoms with E-state index in [1.165, 1.54) is 6.07 Å². The summed E-state index contributed by atoms with van der Waals surface area (Å²) < 4.78 is 19.3. The molecule has 5 heteroatoms. The Morgan fingerprint density at radius 2 is 2.21 bits per heavy atom. The molecule has 1 unspecified atom stereocenters. The average molecular weight is 325 g/mol. The van der Waals surface area contributed by atoms with Gasteiger partial charge in [-0.3, -0.25) is 4.98 Å². The van der Waals surface area contributed by atoms with Crippen molar-refractivity contribution in [3.63, 3.8) is 0 Å². The molecular formula is C14H14BrFN2O. The molecule has 0 amide bonds. The summed E-state index contributed by atoms with van der Waals surface area (Å²) in [5.41, 5.74) is 7.61. The lowest BCUT2D eigenvalue weighted by molar-refractivity contribution is 0.338. The summed E-state index contributed by atoms with van der Waals surface area (Å²) in [7, 11) is 0. The predicted molar refractivity (Wildman–Crippen MR) is 75.5 cm³/mol. The van der Waals surface area contributed by atoms with Crippen molar-refractivity contribution in [2.75, 3.05) is 6.61 Å². The molecule has 3 nitrogen and oxygen atoms in total. The van der Waals surface area contributed by atoms with Crippen LogP contribution in [0.2, 0.25) is 0 Å². The number of nitrogens with two attached hydrogens (primary N) is 1. The molecule has 0 saturated carbocycles. The quantitative estimate of drug-likeness (QED) is 0.937. The van der Waals surface area contributed by atoms with Crippen LogP contribution in [-0.2, 0) is 0 Å². The maximum atomic E-state index is 13.5. The third-order valence-corrected chi connectivity index (χ3v) is 3.56. The molecule has 1 heterocycles. The van der Waals surface area contributed by atoms with E-state index in [-0.39, 0.29) is 5.82 Å². The van der Waals surface area contributed by atoms with Gasteiger partial charge < -0.3 is 10.5 Å². The number of hydrogen-bond acceptors (Lipinski definition) is 3. The Morgan fingerprint density at radius 3 is 2.95 bits per heavy atom. The van der Waals surface area contributed by atoms with Crippen molar-refractivity contribution in [1.29, 1.82) is 0 Å². The van der Waals surface area contributed by atoms with E-state index in [1.807, 2.05) is 13.0 Å². The highest BCUT2D eigenvalue weighted by atomic mass is 79.9. The van der Waals surface area contributed by atoms with Crippen molar-refractivity contribution in [2.24, 2.45) is 5.73 Å². The Labute approximate surface area is 119 Å². The number of ether oxygens (including phenoxy) is 1. The van der Waals surface area contributed by atoms with Crippen LogP contribution in [-0.4, -0.2) is 11.6 Å². The van der Waals surface area contributed by atoms with Crippen LogP contribution in [0.1, 0.15) is 24.1 Å². The molecule has 2 rings (SSSR count). The second-order valence-electron chi connectivity index (χ2n) is 4.01. The Bertz CT molecular complexity index is 577. The molecule has 19 heavy (non-hydrogen) atoms. The van der Waals surface area contributed by atoms with Gasteiger partial charge in [0.25, 0.3) is 0 Å². The third-order valence-electron chi connectivity index (χ3n) is 2.72. The van der Waals surface area contributed by atoms with Gasteiger partial charge in [-0.2, -0.15) is 0 Å². The van der Waals surface area contributed by atoms with Gasteiger partial charge in [0.05, 0.1) is 23.3 Å². The monoisotopic (exact) mass is 324 g/mol. The molecule has 1 atom stereocenters. The Morgan fingerprint density at radius 1 is 1.42 bits per heavy atom. The van der Waals surface area contributed by atoms with E-state index in [4.69, 9.17) is 10.5 Å². The molecule has 2 aromatic rings. The van der Waals surface area contributed by atoms with Crippen molar-refractivity contribution in [3.8, 4) is 5.75 Å². The fourth-order valence-electron chi connectivity index (χ4n) is 1.79. The predicted octanol–water partition coefficient (Wildman–Crippen LogP) is 3.43. The van der Waals surface area contributed by atoms with Gasteiger partial charge in [-0.25, -0.2) is 4.39 Å². The average Bonchev–Trinajstić information content (AvgIpc) is 2.42. The molecule has 0 aliphatic rings. The lowest BCUT2D eigenvalue weighted by atomic mass is 10.0. The second-order valence-corrected chi connectivity index (χ2v) is 4.80. The number of aromatic nitrogens is 1. The van der Waals surface area contributed by atoms with Gasteiger partial charge in [0.1, 0.15) is 11.6 Å². The van der Waals surface area contributed by atoms with Gasteiger partial charge in [0.2, 0.25) is 0 Å². The van der Waals surface area contributed by atoms with E-state index < -0.39 is 6.04 Å². The number of benzene rings is 1. The van der Waals surface area contributed by atoms with Crippen LogP contribution in [0, 0.1) is 5.82 Å². The summed E-state index contributed by atoms with van der Waals surface area (Å²) in [5, 5.41) is 0. The minimum absolute atomic E-state index is 0.332. The smallest absolute Gasteiger partial charge is 0.137 e. The van der Waals surface area contributed by atoms with Gasteiger partial charge in [-0.1, -0.05) is 12.1 Å². The van der Waals surface area contributed by atoms with Crippen molar-refractivity contribution >= 4 is 15.9 Å². The zero-order valence-corrected chi connectivity index (χ0v) is 12.0. The number of rotatable bonds is 4. The second kappa shape index (κ2) is 6.12. The minimum atomic E-state index is -0.460. The summed E-state index contributed by atoms with van der Waals surface area (Å²) in [6.45, 7) is 2.46. The molecule has 0 aliphatic carbocycles. The van der Waals surface area contributed by atoms with Crippen LogP contribution in [0.4, 0.5) is 4.39 Å². The van der Waals surface area contributed by atoms with E-state index in [9.17, 15) is 4.39 Å². The standard InChI is InChI=1S/C14H14BrFN2O/c1-2-19-10-6-9(7-18-8-10)14(17)11-4-3-5-12(16)13(11)15/h3-8,14H,2,17H2,1H3. The zero-order chi connectivity index (χ0) is 13.8. The normalized spacial score (nSPS) is 12.2. The summed E-state index contributed by atoms with van der Waals surface area (Å²) in [4.78, 5) is 4.09. The Balaban J connectivity index is 2.35. The van der Waals surface area contributed by atoms with Crippen LogP contribution in [0.15, 0.2) is 41.1 Å². The lowest BCUT2D eigenvalue weighted by Gasteiger charge is -2.15. The highest BCUT2D eigenvalue weighted by Gasteiger charge is 2.15. The van der Waals surface area contributed by atoms with E-state index in [0.29, 0.717) is 22.4 Å². The fourth-order valence-corrected chi connectivity index (χ4v) is 2.30. The molecule has 2 N–H and O–H groups in total.